The van der Waals surface area contributed by atoms with E-state index in [0.717, 1.165) is 60.2 Å². The molecular weight excluding hydrogens is 319 g/mol. The summed E-state index contributed by atoms with van der Waals surface area (Å²) >= 11 is 0. The molecule has 0 bridgehead atoms. The van der Waals surface area contributed by atoms with E-state index in [1.807, 2.05) is 26.0 Å². The molecule has 0 aromatic carbocycles. The number of nitrogens with zero attached hydrogens (tertiary/aromatic N) is 2. The highest BCUT2D eigenvalue weighted by atomic mass is 19.2. The van der Waals surface area contributed by atoms with Gasteiger partial charge in [-0.25, -0.2) is 0 Å². The highest BCUT2D eigenvalue weighted by Crippen LogP contribution is 2.43. The first-order valence-corrected chi connectivity index (χ1v) is 9.26. The molecule has 3 rings (SSSR count). The van der Waals surface area contributed by atoms with Gasteiger partial charge in [0.05, 0.1) is 0 Å². The van der Waals surface area contributed by atoms with Crippen LogP contribution in [0.4, 0.5) is 8.63 Å². The Morgan fingerprint density at radius 1 is 1.08 bits per heavy atom. The van der Waals surface area contributed by atoms with Gasteiger partial charge < -0.3 is 23.3 Å². The lowest BCUT2D eigenvalue weighted by atomic mass is 9.84. The molecule has 136 valence electrons. The van der Waals surface area contributed by atoms with Crippen molar-refractivity contribution in [1.29, 1.82) is 0 Å². The van der Waals surface area contributed by atoms with Crippen molar-refractivity contribution < 1.29 is 13.1 Å². The second kappa shape index (κ2) is 6.56. The van der Waals surface area contributed by atoms with Crippen LogP contribution in [0.1, 0.15) is 62.9 Å². The third kappa shape index (κ3) is 2.80. The lowest BCUT2D eigenvalue weighted by Gasteiger charge is -2.34. The number of rotatable bonds is 6. The van der Waals surface area contributed by atoms with Crippen molar-refractivity contribution in [2.24, 2.45) is 5.73 Å². The number of aryl methyl sites for hydroxylation is 2. The summed E-state index contributed by atoms with van der Waals surface area (Å²) in [6, 6.07) is 1.89. The largest absolute Gasteiger partial charge is 0.737 e. The summed E-state index contributed by atoms with van der Waals surface area (Å²) in [5, 5.41) is 0. The van der Waals surface area contributed by atoms with Gasteiger partial charge in [0.25, 0.3) is 0 Å². The molecule has 2 N–H and O–H groups in total. The van der Waals surface area contributed by atoms with E-state index in [2.05, 4.69) is 0 Å². The molecule has 0 fully saturated rings. The topological polar surface area (TPSA) is 34.0 Å². The van der Waals surface area contributed by atoms with Crippen LogP contribution in [-0.4, -0.2) is 28.2 Å². The highest BCUT2D eigenvalue weighted by molar-refractivity contribution is 6.58. The molecule has 0 saturated heterocycles. The quantitative estimate of drug-likeness (QED) is 0.601. The molecule has 0 aliphatic carbocycles. The molecule has 0 amide bonds. The van der Waals surface area contributed by atoms with Crippen LogP contribution in [0.25, 0.3) is 5.57 Å². The predicted molar refractivity (Wildman–Crippen MR) is 101 cm³/mol. The average Bonchev–Trinajstić information content (AvgIpc) is 2.99. The molecule has 2 aliphatic heterocycles. The number of unbranched alkanes of at least 4 members (excludes halogenated alkanes) is 3. The first kappa shape index (κ1) is 18.1. The van der Waals surface area contributed by atoms with E-state index in [9.17, 15) is 0 Å². The summed E-state index contributed by atoms with van der Waals surface area (Å²) in [5.41, 5.74) is 11.2. The molecule has 1 aromatic rings. The van der Waals surface area contributed by atoms with Crippen molar-refractivity contribution in [3.05, 3.63) is 40.4 Å². The van der Waals surface area contributed by atoms with Crippen LogP contribution in [0.5, 0.6) is 0 Å². The summed E-state index contributed by atoms with van der Waals surface area (Å²) in [6.45, 7) is 4.32. The van der Waals surface area contributed by atoms with Gasteiger partial charge in [0.15, 0.2) is 5.70 Å². The first-order valence-electron chi connectivity index (χ1n) is 9.26. The van der Waals surface area contributed by atoms with Crippen molar-refractivity contribution >= 4 is 18.3 Å². The zero-order chi connectivity index (χ0) is 18.4. The third-order valence-corrected chi connectivity index (χ3v) is 5.41. The molecule has 0 spiro atoms. The number of allylic oxidation sites excluding steroid dienone is 3. The van der Waals surface area contributed by atoms with Crippen molar-refractivity contribution in [3.8, 4) is 0 Å². The first-order chi connectivity index (χ1) is 11.8. The second-order valence-electron chi connectivity index (χ2n) is 7.39. The fraction of sp³-hybridized carbons (Fsp3) is 0.526. The Morgan fingerprint density at radius 3 is 2.44 bits per heavy atom. The van der Waals surface area contributed by atoms with Crippen LogP contribution in [0, 0.1) is 13.8 Å². The molecule has 0 saturated carbocycles. The number of hydrogen-bond donors (Lipinski definition) is 1. The predicted octanol–water partition coefficient (Wildman–Crippen LogP) is 4.39. The van der Waals surface area contributed by atoms with Gasteiger partial charge in [-0.3, -0.25) is 0 Å². The Bertz CT molecular complexity index is 800. The maximum atomic E-state index is 15.4. The Kier molecular flexibility index (Phi) is 4.75. The van der Waals surface area contributed by atoms with Crippen LogP contribution in [0.3, 0.4) is 0 Å². The maximum Gasteiger partial charge on any atom is 0.737 e. The second-order valence-corrected chi connectivity index (χ2v) is 7.39. The number of fused-ring (bicyclic) bond motifs is 2. The Hall–Kier alpha value is -1.69. The van der Waals surface area contributed by atoms with E-state index >= 15 is 8.63 Å². The minimum Gasteiger partial charge on any atom is -0.394 e. The lowest BCUT2D eigenvalue weighted by molar-refractivity contribution is -0.363. The number of nitrogens with two attached hydrogens (primary N) is 1. The molecule has 3 nitrogen and oxygen atoms in total. The fourth-order valence-electron chi connectivity index (χ4n) is 4.47. The zero-order valence-corrected chi connectivity index (χ0v) is 15.7. The molecule has 3 heterocycles. The SMILES string of the molecule is CC1=CC(C)=[N+]2C1=C(CCCCCCN)c1c(C)cc(C)n1[B-]2(F)F. The van der Waals surface area contributed by atoms with E-state index in [1.165, 1.54) is 8.96 Å². The van der Waals surface area contributed by atoms with E-state index in [-0.39, 0.29) is 0 Å². The van der Waals surface area contributed by atoms with Crippen molar-refractivity contribution in [2.45, 2.75) is 59.8 Å². The van der Waals surface area contributed by atoms with Crippen molar-refractivity contribution in [2.75, 3.05) is 6.54 Å². The smallest absolute Gasteiger partial charge is 0.394 e. The lowest BCUT2D eigenvalue weighted by Crippen LogP contribution is -2.51. The summed E-state index contributed by atoms with van der Waals surface area (Å²) < 4.78 is 33.3. The van der Waals surface area contributed by atoms with Gasteiger partial charge in [0.2, 0.25) is 0 Å². The van der Waals surface area contributed by atoms with Crippen LogP contribution in [-0.2, 0) is 0 Å². The van der Waals surface area contributed by atoms with Gasteiger partial charge in [-0.2, -0.15) is 0 Å². The van der Waals surface area contributed by atoms with Gasteiger partial charge >= 0.3 is 6.97 Å². The fourth-order valence-corrected chi connectivity index (χ4v) is 4.47. The highest BCUT2D eigenvalue weighted by Gasteiger charge is 2.54. The molecule has 6 heteroatoms. The van der Waals surface area contributed by atoms with Gasteiger partial charge in [0, 0.05) is 29.8 Å². The Balaban J connectivity index is 2.08. The summed E-state index contributed by atoms with van der Waals surface area (Å²) in [5.74, 6) is 0. The van der Waals surface area contributed by atoms with E-state index in [0.29, 0.717) is 18.0 Å². The van der Waals surface area contributed by atoms with Crippen molar-refractivity contribution in [1.82, 2.24) is 4.48 Å². The van der Waals surface area contributed by atoms with Gasteiger partial charge in [0.1, 0.15) is 5.71 Å². The monoisotopic (exact) mass is 347 g/mol. The van der Waals surface area contributed by atoms with E-state index in [1.54, 1.807) is 13.8 Å². The van der Waals surface area contributed by atoms with Crippen LogP contribution in [0.2, 0.25) is 0 Å². The molecular formula is C19H28BF2N3. The van der Waals surface area contributed by atoms with E-state index in [4.69, 9.17) is 5.73 Å². The maximum absolute atomic E-state index is 15.4. The minimum atomic E-state index is -3.84. The Labute approximate surface area is 149 Å². The molecule has 0 unspecified atom stereocenters. The number of hydrogen-bond acceptors (Lipinski definition) is 1. The summed E-state index contributed by atoms with van der Waals surface area (Å²) in [7, 11) is 0. The standard InChI is InChI=1S/C19H28BF2N3/c1-13-11-15(3)24-18(13)17(9-7-5-6-8-10-23)19-14(2)12-16(4)25(19)20(24,21)22/h11-12H,5-10,23H2,1-4H3. The zero-order valence-electron chi connectivity index (χ0n) is 15.7. The Morgan fingerprint density at radius 2 is 1.76 bits per heavy atom. The minimum absolute atomic E-state index is 0.634. The van der Waals surface area contributed by atoms with Crippen LogP contribution >= 0.6 is 0 Å². The molecule has 0 atom stereocenters. The molecule has 2 aliphatic rings. The van der Waals surface area contributed by atoms with Crippen molar-refractivity contribution in [3.63, 3.8) is 0 Å². The average molecular weight is 347 g/mol. The third-order valence-electron chi connectivity index (χ3n) is 5.41. The summed E-state index contributed by atoms with van der Waals surface area (Å²) in [4.78, 5) is 0. The van der Waals surface area contributed by atoms with Gasteiger partial charge in [-0.15, -0.1) is 0 Å². The van der Waals surface area contributed by atoms with Crippen LogP contribution in [0.15, 0.2) is 23.4 Å². The molecule has 1 aromatic heterocycles. The number of aromatic nitrogens is 1. The van der Waals surface area contributed by atoms with Gasteiger partial charge in [-0.05, 0) is 63.9 Å². The molecule has 25 heavy (non-hydrogen) atoms. The van der Waals surface area contributed by atoms with E-state index < -0.39 is 6.97 Å². The summed E-state index contributed by atoms with van der Waals surface area (Å²) in [6.07, 6.45) is 6.92. The molecule has 0 radical (unpaired) electrons. The van der Waals surface area contributed by atoms with Gasteiger partial charge in [-0.1, -0.05) is 12.8 Å². The number of halogens is 2. The normalized spacial score (nSPS) is 18.6. The van der Waals surface area contributed by atoms with Crippen LogP contribution < -0.4 is 5.73 Å².